The van der Waals surface area contributed by atoms with Crippen LogP contribution in [0.1, 0.15) is 18.9 Å². The van der Waals surface area contributed by atoms with E-state index in [2.05, 4.69) is 0 Å². The molecule has 9 heteroatoms. The molecule has 0 saturated heterocycles. The van der Waals surface area contributed by atoms with Crippen molar-refractivity contribution in [1.29, 1.82) is 0 Å². The highest BCUT2D eigenvalue weighted by Crippen LogP contribution is 2.32. The van der Waals surface area contributed by atoms with Crippen LogP contribution < -0.4 is 4.72 Å². The molecular formula is C11H13F4NO3S. The molecule has 0 aliphatic carbocycles. The van der Waals surface area contributed by atoms with Crippen molar-refractivity contribution in [1.82, 2.24) is 4.72 Å². The van der Waals surface area contributed by atoms with Gasteiger partial charge >= 0.3 is 6.18 Å². The topological polar surface area (TPSA) is 66.4 Å². The number of hydrogen-bond acceptors (Lipinski definition) is 3. The maximum Gasteiger partial charge on any atom is 0.419 e. The van der Waals surface area contributed by atoms with E-state index in [9.17, 15) is 26.0 Å². The molecule has 1 atom stereocenters. The molecule has 1 rings (SSSR count). The molecule has 0 radical (unpaired) electrons. The molecule has 0 amide bonds. The van der Waals surface area contributed by atoms with Crippen LogP contribution in [0.15, 0.2) is 23.1 Å². The van der Waals surface area contributed by atoms with Gasteiger partial charge in [-0.05, 0) is 24.6 Å². The quantitative estimate of drug-likeness (QED) is 0.816. The molecule has 4 nitrogen and oxygen atoms in total. The maximum absolute atomic E-state index is 13.1. The van der Waals surface area contributed by atoms with Crippen LogP contribution in [0.2, 0.25) is 0 Å². The average Bonchev–Trinajstić information content (AvgIpc) is 2.34. The number of hydrogen-bond donors (Lipinski definition) is 2. The fourth-order valence-electron chi connectivity index (χ4n) is 1.43. The van der Waals surface area contributed by atoms with Crippen LogP contribution in [0.5, 0.6) is 0 Å². The van der Waals surface area contributed by atoms with Crippen molar-refractivity contribution in [2.75, 3.05) is 6.61 Å². The fraction of sp³-hybridized carbons (Fsp3) is 0.455. The van der Waals surface area contributed by atoms with E-state index in [0.29, 0.717) is 6.07 Å². The first-order valence-corrected chi connectivity index (χ1v) is 7.10. The number of aliphatic hydroxyl groups is 1. The van der Waals surface area contributed by atoms with Gasteiger partial charge in [0.2, 0.25) is 10.0 Å². The van der Waals surface area contributed by atoms with Gasteiger partial charge in [0.1, 0.15) is 5.82 Å². The zero-order valence-corrected chi connectivity index (χ0v) is 11.2. The molecule has 20 heavy (non-hydrogen) atoms. The summed E-state index contributed by atoms with van der Waals surface area (Å²) in [6.45, 7) is 1.10. The Balaban J connectivity index is 3.20. The van der Waals surface area contributed by atoms with Crippen molar-refractivity contribution in [2.45, 2.75) is 30.5 Å². The molecule has 0 bridgehead atoms. The molecular weight excluding hydrogens is 302 g/mol. The van der Waals surface area contributed by atoms with E-state index in [4.69, 9.17) is 5.11 Å². The number of nitrogens with one attached hydrogen (secondary N) is 1. The predicted octanol–water partition coefficient (Wildman–Crippen LogP) is 1.89. The maximum atomic E-state index is 13.1. The molecule has 0 aliphatic rings. The Kier molecular flexibility index (Phi) is 5.11. The molecule has 0 saturated carbocycles. The number of sulfonamides is 1. The van der Waals surface area contributed by atoms with E-state index in [1.54, 1.807) is 6.92 Å². The zero-order valence-electron chi connectivity index (χ0n) is 10.4. The molecule has 0 fully saturated rings. The van der Waals surface area contributed by atoms with E-state index in [1.165, 1.54) is 0 Å². The Morgan fingerprint density at radius 3 is 2.40 bits per heavy atom. The lowest BCUT2D eigenvalue weighted by atomic mass is 10.2. The number of aliphatic hydroxyl groups excluding tert-OH is 1. The van der Waals surface area contributed by atoms with Gasteiger partial charge in [-0.15, -0.1) is 0 Å². The Morgan fingerprint density at radius 2 is 1.95 bits per heavy atom. The van der Waals surface area contributed by atoms with Gasteiger partial charge in [0, 0.05) is 6.04 Å². The summed E-state index contributed by atoms with van der Waals surface area (Å²) >= 11 is 0. The Hall–Kier alpha value is -1.19. The van der Waals surface area contributed by atoms with Gasteiger partial charge in [0.25, 0.3) is 0 Å². The summed E-state index contributed by atoms with van der Waals surface area (Å²) in [5.74, 6) is -1.55. The SMILES string of the molecule is CCC(CO)NS(=O)(=O)c1ccc(F)c(C(F)(F)F)c1. The Labute approximate surface area is 113 Å². The molecule has 1 aromatic rings. The van der Waals surface area contributed by atoms with E-state index in [-0.39, 0.29) is 12.5 Å². The number of alkyl halides is 3. The molecule has 114 valence electrons. The minimum atomic E-state index is -4.99. The van der Waals surface area contributed by atoms with Crippen molar-refractivity contribution < 1.29 is 31.1 Å². The van der Waals surface area contributed by atoms with Gasteiger partial charge in [-0.1, -0.05) is 6.92 Å². The molecule has 0 aliphatic heterocycles. The summed E-state index contributed by atoms with van der Waals surface area (Å²) in [6.07, 6.45) is -4.74. The van der Waals surface area contributed by atoms with E-state index in [1.807, 2.05) is 4.72 Å². The lowest BCUT2D eigenvalue weighted by molar-refractivity contribution is -0.140. The molecule has 0 spiro atoms. The third kappa shape index (κ3) is 3.90. The van der Waals surface area contributed by atoms with Gasteiger partial charge < -0.3 is 5.11 Å². The second-order valence-corrected chi connectivity index (χ2v) is 5.76. The van der Waals surface area contributed by atoms with Gasteiger partial charge in [-0.25, -0.2) is 17.5 Å². The highest BCUT2D eigenvalue weighted by Gasteiger charge is 2.35. The molecule has 1 unspecified atom stereocenters. The first-order valence-electron chi connectivity index (χ1n) is 5.61. The van der Waals surface area contributed by atoms with Crippen LogP contribution in [-0.2, 0) is 16.2 Å². The molecule has 1 aromatic carbocycles. The largest absolute Gasteiger partial charge is 0.419 e. The number of benzene rings is 1. The van der Waals surface area contributed by atoms with Crippen LogP contribution in [0.25, 0.3) is 0 Å². The van der Waals surface area contributed by atoms with Crippen molar-refractivity contribution in [2.24, 2.45) is 0 Å². The summed E-state index contributed by atoms with van der Waals surface area (Å²) in [5.41, 5.74) is -1.66. The minimum Gasteiger partial charge on any atom is -0.395 e. The summed E-state index contributed by atoms with van der Waals surface area (Å²) in [4.78, 5) is -0.710. The zero-order chi connectivity index (χ0) is 15.6. The van der Waals surface area contributed by atoms with E-state index < -0.39 is 45.1 Å². The summed E-state index contributed by atoms with van der Waals surface area (Å²) < 4.78 is 76.3. The smallest absolute Gasteiger partial charge is 0.395 e. The van der Waals surface area contributed by atoms with Gasteiger partial charge in [0.15, 0.2) is 0 Å². The minimum absolute atomic E-state index is 0.224. The van der Waals surface area contributed by atoms with Gasteiger partial charge in [-0.3, -0.25) is 0 Å². The third-order valence-corrected chi connectivity index (χ3v) is 4.11. The highest BCUT2D eigenvalue weighted by atomic mass is 32.2. The van der Waals surface area contributed by atoms with Crippen molar-refractivity contribution in [3.05, 3.63) is 29.6 Å². The lowest BCUT2D eigenvalue weighted by Gasteiger charge is -2.15. The van der Waals surface area contributed by atoms with Gasteiger partial charge in [0.05, 0.1) is 17.1 Å². The second kappa shape index (κ2) is 6.06. The Morgan fingerprint density at radius 1 is 1.35 bits per heavy atom. The second-order valence-electron chi connectivity index (χ2n) is 4.05. The standard InChI is InChI=1S/C11H13F4NO3S/c1-2-7(6-17)16-20(18,19)8-3-4-10(12)9(5-8)11(13,14)15/h3-5,7,16-17H,2,6H2,1H3. The van der Waals surface area contributed by atoms with Crippen LogP contribution in [0.4, 0.5) is 17.6 Å². The Bertz CT molecular complexity index is 568. The van der Waals surface area contributed by atoms with E-state index in [0.717, 1.165) is 6.07 Å². The molecule has 0 heterocycles. The monoisotopic (exact) mass is 315 g/mol. The molecule has 2 N–H and O–H groups in total. The van der Waals surface area contributed by atoms with Gasteiger partial charge in [-0.2, -0.15) is 13.2 Å². The van der Waals surface area contributed by atoms with Crippen molar-refractivity contribution >= 4 is 10.0 Å². The van der Waals surface area contributed by atoms with Crippen LogP contribution in [0, 0.1) is 5.82 Å². The summed E-state index contributed by atoms with van der Waals surface area (Å²) in [6, 6.07) is 0.579. The third-order valence-electron chi connectivity index (χ3n) is 2.59. The van der Waals surface area contributed by atoms with Crippen LogP contribution in [-0.4, -0.2) is 26.2 Å². The average molecular weight is 315 g/mol. The van der Waals surface area contributed by atoms with Crippen molar-refractivity contribution in [3.8, 4) is 0 Å². The summed E-state index contributed by atoms with van der Waals surface area (Å²) in [5, 5.41) is 8.90. The fourth-order valence-corrected chi connectivity index (χ4v) is 2.76. The van der Waals surface area contributed by atoms with Crippen LogP contribution in [0.3, 0.4) is 0 Å². The molecule has 0 aromatic heterocycles. The number of rotatable bonds is 5. The normalized spacial score (nSPS) is 14.3. The highest BCUT2D eigenvalue weighted by molar-refractivity contribution is 7.89. The summed E-state index contributed by atoms with van der Waals surface area (Å²) in [7, 11) is -4.26. The first-order chi connectivity index (χ1) is 9.11. The predicted molar refractivity (Wildman–Crippen MR) is 62.9 cm³/mol. The lowest BCUT2D eigenvalue weighted by Crippen LogP contribution is -2.37. The van der Waals surface area contributed by atoms with Crippen molar-refractivity contribution in [3.63, 3.8) is 0 Å². The van der Waals surface area contributed by atoms with Crippen LogP contribution >= 0.6 is 0 Å². The first kappa shape index (κ1) is 16.9. The number of halogens is 4. The van der Waals surface area contributed by atoms with E-state index >= 15 is 0 Å².